The second kappa shape index (κ2) is 9.71. The zero-order valence-corrected chi connectivity index (χ0v) is 17.6. The lowest BCUT2D eigenvalue weighted by atomic mass is 10.0. The minimum atomic E-state index is -0.397. The number of likely N-dealkylation sites (tertiary alicyclic amines) is 1. The summed E-state index contributed by atoms with van der Waals surface area (Å²) in [6.07, 6.45) is 8.92. The Morgan fingerprint density at radius 3 is 2.80 bits per heavy atom. The number of piperidine rings is 1. The third-order valence-corrected chi connectivity index (χ3v) is 5.50. The summed E-state index contributed by atoms with van der Waals surface area (Å²) >= 11 is 0. The van der Waals surface area contributed by atoms with Gasteiger partial charge in [-0.05, 0) is 39.5 Å². The first-order chi connectivity index (χ1) is 14.5. The number of aromatic nitrogens is 1. The van der Waals surface area contributed by atoms with Crippen LogP contribution in [0.4, 0.5) is 5.82 Å². The van der Waals surface area contributed by atoms with Crippen molar-refractivity contribution in [3.8, 4) is 0 Å². The number of ketones is 1. The number of nitrogens with one attached hydrogen (secondary N) is 1. The number of hydrogen-bond donors (Lipinski definition) is 2. The molecule has 7 heteroatoms. The van der Waals surface area contributed by atoms with Gasteiger partial charge in [-0.2, -0.15) is 0 Å². The molecule has 0 spiro atoms. The van der Waals surface area contributed by atoms with Crippen molar-refractivity contribution in [1.82, 2.24) is 9.88 Å². The minimum absolute atomic E-state index is 0.0350. The highest BCUT2D eigenvalue weighted by Gasteiger charge is 2.34. The zero-order chi connectivity index (χ0) is 21.7. The van der Waals surface area contributed by atoms with Crippen LogP contribution in [0.15, 0.2) is 34.1 Å². The van der Waals surface area contributed by atoms with Crippen LogP contribution in [-0.2, 0) is 14.3 Å². The summed E-state index contributed by atoms with van der Waals surface area (Å²) in [4.78, 5) is 34.6. The number of nitrogens with zero attached hydrogens (tertiary/aromatic N) is 2. The topological polar surface area (TPSA) is 95.0 Å². The maximum atomic E-state index is 13.2. The Bertz CT molecular complexity index is 915. The molecule has 1 aromatic heterocycles. The van der Waals surface area contributed by atoms with Gasteiger partial charge >= 0.3 is 5.97 Å². The molecule has 3 rings (SSSR count). The number of ether oxygens (including phenoxy) is 1. The molecular formula is C23H29N3O4. The molecule has 0 bridgehead atoms. The van der Waals surface area contributed by atoms with E-state index in [9.17, 15) is 14.7 Å². The van der Waals surface area contributed by atoms with E-state index in [-0.39, 0.29) is 24.9 Å². The van der Waals surface area contributed by atoms with Crippen LogP contribution < -0.4 is 0 Å². The number of carbonyl (C=O) groups is 2. The first-order valence-corrected chi connectivity index (χ1v) is 10.3. The number of carbonyl (C=O) groups excluding carboxylic acids is 2. The fourth-order valence-electron chi connectivity index (χ4n) is 4.00. The molecule has 0 unspecified atom stereocenters. The van der Waals surface area contributed by atoms with Crippen molar-refractivity contribution in [2.45, 2.75) is 45.6 Å². The van der Waals surface area contributed by atoms with Gasteiger partial charge in [-0.15, -0.1) is 0 Å². The monoisotopic (exact) mass is 411 g/mol. The van der Waals surface area contributed by atoms with E-state index < -0.39 is 5.97 Å². The van der Waals surface area contributed by atoms with Crippen molar-refractivity contribution >= 4 is 36.4 Å². The molecule has 0 atom stereocenters. The van der Waals surface area contributed by atoms with Crippen LogP contribution in [0.25, 0.3) is 12.2 Å². The van der Waals surface area contributed by atoms with E-state index in [4.69, 9.17) is 4.74 Å². The molecule has 0 saturated carbocycles. The van der Waals surface area contributed by atoms with Gasteiger partial charge in [0.1, 0.15) is 5.82 Å². The predicted octanol–water partition coefficient (Wildman–Crippen LogP) is 3.40. The lowest BCUT2D eigenvalue weighted by Gasteiger charge is -2.33. The summed E-state index contributed by atoms with van der Waals surface area (Å²) in [7, 11) is 0. The molecule has 30 heavy (non-hydrogen) atoms. The minimum Gasteiger partial charge on any atom is -0.466 e. The van der Waals surface area contributed by atoms with Gasteiger partial charge < -0.3 is 19.7 Å². The molecule has 2 aliphatic rings. The average Bonchev–Trinajstić information content (AvgIpc) is 3.25. The summed E-state index contributed by atoms with van der Waals surface area (Å²) in [6, 6.07) is 0. The fraction of sp³-hybridized carbons (Fsp3) is 0.435. The molecule has 1 aromatic rings. The standard InChI is InChI=1S/C23H29N3O4/c1-4-6-18-16(14-25-23(18)24-3)11-15-12-20(26-9-7-17(27)8-10-26)19(22(15)29)13-21(28)30-5-2/h4,6,11,14,17,25,27H,3,5,7-10,12-13H2,1-2H3/b6-4-,15-11+. The van der Waals surface area contributed by atoms with E-state index in [1.165, 1.54) is 0 Å². The summed E-state index contributed by atoms with van der Waals surface area (Å²) in [5.41, 5.74) is 3.73. The van der Waals surface area contributed by atoms with Crippen LogP contribution in [0.5, 0.6) is 0 Å². The highest BCUT2D eigenvalue weighted by Crippen LogP contribution is 2.36. The summed E-state index contributed by atoms with van der Waals surface area (Å²) in [5.74, 6) is 0.131. The predicted molar refractivity (Wildman–Crippen MR) is 117 cm³/mol. The molecule has 0 amide bonds. The Hall–Kier alpha value is -2.93. The quantitative estimate of drug-likeness (QED) is 0.407. The number of Topliss-reactive ketones (excluding diaryl/α,β-unsaturated/α-hetero) is 1. The van der Waals surface area contributed by atoms with Gasteiger partial charge in [0.25, 0.3) is 0 Å². The largest absolute Gasteiger partial charge is 0.466 e. The first kappa shape index (κ1) is 21.8. The normalized spacial score (nSPS) is 19.4. The van der Waals surface area contributed by atoms with Crippen molar-refractivity contribution in [3.05, 3.63) is 40.2 Å². The third-order valence-electron chi connectivity index (χ3n) is 5.50. The molecule has 1 aliphatic heterocycles. The number of H-pyrrole nitrogens is 1. The molecule has 0 aromatic carbocycles. The van der Waals surface area contributed by atoms with E-state index in [2.05, 4.69) is 21.6 Å². The van der Waals surface area contributed by atoms with E-state index in [0.717, 1.165) is 16.8 Å². The number of hydrogen-bond acceptors (Lipinski definition) is 6. The number of aliphatic hydroxyl groups excluding tert-OH is 1. The van der Waals surface area contributed by atoms with E-state index in [1.807, 2.05) is 25.2 Å². The number of aliphatic hydroxyl groups is 1. The number of aliphatic imine (C=N–C) groups is 1. The second-order valence-corrected chi connectivity index (χ2v) is 7.47. The number of esters is 1. The Morgan fingerprint density at radius 2 is 2.17 bits per heavy atom. The van der Waals surface area contributed by atoms with Gasteiger partial charge in [-0.25, -0.2) is 4.99 Å². The zero-order valence-electron chi connectivity index (χ0n) is 17.6. The maximum absolute atomic E-state index is 13.2. The fourth-order valence-corrected chi connectivity index (χ4v) is 4.00. The number of rotatable bonds is 7. The summed E-state index contributed by atoms with van der Waals surface area (Å²) in [6.45, 7) is 8.87. The van der Waals surface area contributed by atoms with Gasteiger partial charge in [0.15, 0.2) is 5.78 Å². The van der Waals surface area contributed by atoms with Crippen molar-refractivity contribution < 1.29 is 19.4 Å². The van der Waals surface area contributed by atoms with E-state index >= 15 is 0 Å². The van der Waals surface area contributed by atoms with Gasteiger partial charge in [-0.3, -0.25) is 9.59 Å². The highest BCUT2D eigenvalue weighted by atomic mass is 16.5. The van der Waals surface area contributed by atoms with Gasteiger partial charge in [0.2, 0.25) is 0 Å². The molecule has 2 heterocycles. The molecule has 7 nitrogen and oxygen atoms in total. The third kappa shape index (κ3) is 4.62. The molecule has 2 N–H and O–H groups in total. The van der Waals surface area contributed by atoms with Crippen molar-refractivity contribution in [1.29, 1.82) is 0 Å². The van der Waals surface area contributed by atoms with Gasteiger partial charge in [0.05, 0.1) is 19.1 Å². The summed E-state index contributed by atoms with van der Waals surface area (Å²) in [5, 5.41) is 9.84. The summed E-state index contributed by atoms with van der Waals surface area (Å²) < 4.78 is 5.09. The first-order valence-electron chi connectivity index (χ1n) is 10.3. The van der Waals surface area contributed by atoms with E-state index in [1.54, 1.807) is 13.1 Å². The molecule has 1 fully saturated rings. The molecule has 160 valence electrons. The Morgan fingerprint density at radius 1 is 1.43 bits per heavy atom. The Labute approximate surface area is 176 Å². The van der Waals surface area contributed by atoms with Gasteiger partial charge in [-0.1, -0.05) is 12.2 Å². The van der Waals surface area contributed by atoms with Gasteiger partial charge in [0, 0.05) is 53.7 Å². The average molecular weight is 412 g/mol. The second-order valence-electron chi connectivity index (χ2n) is 7.47. The molecule has 1 aliphatic carbocycles. The lowest BCUT2D eigenvalue weighted by Crippen LogP contribution is -2.35. The molecular weight excluding hydrogens is 382 g/mol. The SMILES string of the molecule is C=Nc1[nH]cc(/C=C2\CC(N3CCC(O)CC3)=C(CC(=O)OCC)C2=O)c1/C=C\C. The van der Waals surface area contributed by atoms with Crippen LogP contribution in [0.1, 0.15) is 50.7 Å². The van der Waals surface area contributed by atoms with Crippen LogP contribution >= 0.6 is 0 Å². The van der Waals surface area contributed by atoms with Crippen molar-refractivity contribution in [2.75, 3.05) is 19.7 Å². The van der Waals surface area contributed by atoms with Crippen LogP contribution in [0.3, 0.4) is 0 Å². The van der Waals surface area contributed by atoms with Crippen molar-refractivity contribution in [2.24, 2.45) is 4.99 Å². The molecule has 0 radical (unpaired) electrons. The number of allylic oxidation sites excluding steroid dienone is 2. The van der Waals surface area contributed by atoms with Crippen LogP contribution in [0.2, 0.25) is 0 Å². The maximum Gasteiger partial charge on any atom is 0.310 e. The van der Waals surface area contributed by atoms with E-state index in [0.29, 0.717) is 49.3 Å². The van der Waals surface area contributed by atoms with Crippen LogP contribution in [-0.4, -0.2) is 59.3 Å². The molecule has 1 saturated heterocycles. The number of aromatic amines is 1. The van der Waals surface area contributed by atoms with Crippen molar-refractivity contribution in [3.63, 3.8) is 0 Å². The van der Waals surface area contributed by atoms with Crippen LogP contribution in [0, 0.1) is 0 Å². The Balaban J connectivity index is 1.94. The smallest absolute Gasteiger partial charge is 0.310 e. The highest BCUT2D eigenvalue weighted by molar-refractivity contribution is 6.16. The Kier molecular flexibility index (Phi) is 7.05. The lowest BCUT2D eigenvalue weighted by molar-refractivity contribution is -0.142.